The molecule has 4 rings (SSSR count). The fourth-order valence-electron chi connectivity index (χ4n) is 5.25. The van der Waals surface area contributed by atoms with Crippen molar-refractivity contribution in [1.82, 2.24) is 20.9 Å². The van der Waals surface area contributed by atoms with Crippen LogP contribution in [0.2, 0.25) is 0 Å². The molecule has 7 nitrogen and oxygen atoms in total. The Bertz CT molecular complexity index is 956. The average Bonchev–Trinajstić information content (AvgIpc) is 3.38. The van der Waals surface area contributed by atoms with Gasteiger partial charge in [0.15, 0.2) is 0 Å². The minimum absolute atomic E-state index is 0.00862. The SMILES string of the molecule is CN[C@@H](C)C(=O)N[C@H](C(=O)N1CCC[C@H]1C1=CC(Oc2ccc(F)cc2)=CCN1)C1CCCCC1. The third-order valence-corrected chi connectivity index (χ3v) is 7.36. The van der Waals surface area contributed by atoms with Crippen LogP contribution < -0.4 is 20.7 Å². The molecule has 2 fully saturated rings. The van der Waals surface area contributed by atoms with E-state index >= 15 is 0 Å². The molecular weight excluding hydrogens is 447 g/mol. The van der Waals surface area contributed by atoms with Crippen LogP contribution in [0.4, 0.5) is 4.39 Å². The number of hydrogen-bond acceptors (Lipinski definition) is 5. The number of dihydropyridines is 1. The van der Waals surface area contributed by atoms with Crippen molar-refractivity contribution in [1.29, 1.82) is 0 Å². The third kappa shape index (κ3) is 6.23. The van der Waals surface area contributed by atoms with Gasteiger partial charge < -0.3 is 25.6 Å². The predicted octanol–water partition coefficient (Wildman–Crippen LogP) is 3.24. The van der Waals surface area contributed by atoms with Crippen molar-refractivity contribution < 1.29 is 18.7 Å². The highest BCUT2D eigenvalue weighted by Crippen LogP contribution is 2.31. The molecule has 1 aromatic rings. The fourth-order valence-corrected chi connectivity index (χ4v) is 5.25. The van der Waals surface area contributed by atoms with E-state index < -0.39 is 6.04 Å². The van der Waals surface area contributed by atoms with Gasteiger partial charge in [0.2, 0.25) is 11.8 Å². The van der Waals surface area contributed by atoms with Crippen molar-refractivity contribution in [3.8, 4) is 5.75 Å². The second-order valence-electron chi connectivity index (χ2n) is 9.73. The summed E-state index contributed by atoms with van der Waals surface area (Å²) < 4.78 is 19.2. The Morgan fingerprint density at radius 1 is 1.11 bits per heavy atom. The van der Waals surface area contributed by atoms with Gasteiger partial charge in [-0.05, 0) is 75.9 Å². The lowest BCUT2D eigenvalue weighted by atomic mass is 9.83. The first kappa shape index (κ1) is 25.2. The Morgan fingerprint density at radius 2 is 1.86 bits per heavy atom. The van der Waals surface area contributed by atoms with Crippen molar-refractivity contribution >= 4 is 11.8 Å². The second-order valence-corrected chi connectivity index (χ2v) is 9.73. The lowest BCUT2D eigenvalue weighted by Crippen LogP contribution is -2.57. The molecule has 1 saturated heterocycles. The number of ether oxygens (including phenoxy) is 1. The van der Waals surface area contributed by atoms with Crippen molar-refractivity contribution in [2.24, 2.45) is 5.92 Å². The maximum absolute atomic E-state index is 13.9. The van der Waals surface area contributed by atoms with Crippen molar-refractivity contribution in [2.75, 3.05) is 20.1 Å². The second kappa shape index (κ2) is 11.7. The average molecular weight is 485 g/mol. The molecular formula is C27H37FN4O3. The minimum atomic E-state index is -0.506. The van der Waals surface area contributed by atoms with E-state index in [4.69, 9.17) is 4.74 Å². The van der Waals surface area contributed by atoms with Gasteiger partial charge in [0, 0.05) is 24.9 Å². The number of nitrogens with one attached hydrogen (secondary N) is 3. The van der Waals surface area contributed by atoms with E-state index in [1.165, 1.54) is 18.6 Å². The number of allylic oxidation sites excluding steroid dienone is 1. The normalized spacial score (nSPS) is 22.5. The van der Waals surface area contributed by atoms with Crippen molar-refractivity contribution in [3.63, 3.8) is 0 Å². The van der Waals surface area contributed by atoms with Gasteiger partial charge in [-0.2, -0.15) is 0 Å². The van der Waals surface area contributed by atoms with Crippen LogP contribution in [0.3, 0.4) is 0 Å². The number of likely N-dealkylation sites (N-methyl/N-ethyl adjacent to an activating group) is 1. The highest BCUT2D eigenvalue weighted by atomic mass is 19.1. The summed E-state index contributed by atoms with van der Waals surface area (Å²) in [5, 5.41) is 9.47. The highest BCUT2D eigenvalue weighted by molar-refractivity contribution is 5.90. The summed E-state index contributed by atoms with van der Waals surface area (Å²) >= 11 is 0. The van der Waals surface area contributed by atoms with E-state index in [-0.39, 0.29) is 35.6 Å². The lowest BCUT2D eigenvalue weighted by Gasteiger charge is -2.36. The van der Waals surface area contributed by atoms with Gasteiger partial charge in [-0.15, -0.1) is 0 Å². The Morgan fingerprint density at radius 3 is 2.57 bits per heavy atom. The van der Waals surface area contributed by atoms with Crippen LogP contribution in [-0.2, 0) is 9.59 Å². The standard InChI is InChI=1S/C27H37FN4O3/c1-18(29-2)26(33)31-25(19-7-4-3-5-8-19)27(34)32-16-6-9-24(32)23-17-22(14-15-30-23)35-21-12-10-20(28)11-13-21/h10-14,17-19,24-25,29-30H,3-9,15-16H2,1-2H3,(H,31,33)/t18-,24-,25-/m0/s1. The summed E-state index contributed by atoms with van der Waals surface area (Å²) in [6.07, 6.45) is 10.9. The van der Waals surface area contributed by atoms with Gasteiger partial charge in [0.05, 0.1) is 12.1 Å². The van der Waals surface area contributed by atoms with Crippen LogP contribution in [0, 0.1) is 11.7 Å². The van der Waals surface area contributed by atoms with Gasteiger partial charge >= 0.3 is 0 Å². The molecule has 190 valence electrons. The number of carbonyl (C=O) groups is 2. The number of amides is 2. The van der Waals surface area contributed by atoms with Crippen LogP contribution >= 0.6 is 0 Å². The summed E-state index contributed by atoms with van der Waals surface area (Å²) in [4.78, 5) is 28.6. The zero-order valence-electron chi connectivity index (χ0n) is 20.7. The van der Waals surface area contributed by atoms with Gasteiger partial charge in [-0.3, -0.25) is 9.59 Å². The minimum Gasteiger partial charge on any atom is -0.458 e. The number of nitrogens with zero attached hydrogens (tertiary/aromatic N) is 1. The van der Waals surface area contributed by atoms with Gasteiger partial charge in [-0.1, -0.05) is 19.3 Å². The molecule has 3 atom stereocenters. The molecule has 3 aliphatic rings. The first-order valence-electron chi connectivity index (χ1n) is 12.8. The highest BCUT2D eigenvalue weighted by Gasteiger charge is 2.40. The van der Waals surface area contributed by atoms with E-state index in [1.807, 2.05) is 24.0 Å². The molecule has 2 amide bonds. The quantitative estimate of drug-likeness (QED) is 0.528. The number of hydrogen-bond donors (Lipinski definition) is 3. The van der Waals surface area contributed by atoms with Crippen LogP contribution in [0.15, 0.2) is 47.9 Å². The number of likely N-dealkylation sites (tertiary alicyclic amines) is 1. The summed E-state index contributed by atoms with van der Waals surface area (Å²) in [5.41, 5.74) is 0.938. The summed E-state index contributed by atoms with van der Waals surface area (Å²) in [5.74, 6) is 0.958. The zero-order chi connectivity index (χ0) is 24.8. The topological polar surface area (TPSA) is 82.7 Å². The molecule has 2 aliphatic heterocycles. The van der Waals surface area contributed by atoms with Crippen LogP contribution in [0.25, 0.3) is 0 Å². The molecule has 0 radical (unpaired) electrons. The molecule has 0 bridgehead atoms. The zero-order valence-corrected chi connectivity index (χ0v) is 20.7. The van der Waals surface area contributed by atoms with Crippen molar-refractivity contribution in [2.45, 2.75) is 70.0 Å². The number of carbonyl (C=O) groups excluding carboxylic acids is 2. The number of halogens is 1. The first-order chi connectivity index (χ1) is 17.0. The molecule has 3 N–H and O–H groups in total. The van der Waals surface area contributed by atoms with Gasteiger partial charge in [0.1, 0.15) is 23.4 Å². The molecule has 0 aromatic heterocycles. The number of benzene rings is 1. The number of rotatable bonds is 8. The molecule has 2 heterocycles. The molecule has 35 heavy (non-hydrogen) atoms. The summed E-state index contributed by atoms with van der Waals surface area (Å²) in [7, 11) is 1.75. The van der Waals surface area contributed by atoms with E-state index in [2.05, 4.69) is 16.0 Å². The fraction of sp³-hybridized carbons (Fsp3) is 0.556. The lowest BCUT2D eigenvalue weighted by molar-refractivity contribution is -0.139. The van der Waals surface area contributed by atoms with Crippen LogP contribution in [0.5, 0.6) is 5.75 Å². The molecule has 1 aliphatic carbocycles. The molecule has 1 saturated carbocycles. The Kier molecular flexibility index (Phi) is 8.44. The summed E-state index contributed by atoms with van der Waals surface area (Å²) in [6, 6.07) is 4.98. The van der Waals surface area contributed by atoms with E-state index in [9.17, 15) is 14.0 Å². The first-order valence-corrected chi connectivity index (χ1v) is 12.8. The van der Waals surface area contributed by atoms with Crippen LogP contribution in [-0.4, -0.2) is 55.0 Å². The van der Waals surface area contributed by atoms with Gasteiger partial charge in [0.25, 0.3) is 0 Å². The summed E-state index contributed by atoms with van der Waals surface area (Å²) in [6.45, 7) is 3.06. The molecule has 0 spiro atoms. The maximum atomic E-state index is 13.9. The molecule has 1 aromatic carbocycles. The van der Waals surface area contributed by atoms with E-state index in [0.29, 0.717) is 24.6 Å². The molecule has 0 unspecified atom stereocenters. The largest absolute Gasteiger partial charge is 0.458 e. The Labute approximate surface area is 207 Å². The maximum Gasteiger partial charge on any atom is 0.246 e. The van der Waals surface area contributed by atoms with Crippen LogP contribution in [0.1, 0.15) is 51.9 Å². The Balaban J connectivity index is 1.50. The monoisotopic (exact) mass is 484 g/mol. The predicted molar refractivity (Wildman–Crippen MR) is 133 cm³/mol. The van der Waals surface area contributed by atoms with E-state index in [0.717, 1.165) is 44.2 Å². The van der Waals surface area contributed by atoms with Gasteiger partial charge in [-0.25, -0.2) is 4.39 Å². The third-order valence-electron chi connectivity index (χ3n) is 7.36. The Hall–Kier alpha value is -2.87. The van der Waals surface area contributed by atoms with Crippen molar-refractivity contribution in [3.05, 3.63) is 53.7 Å². The smallest absolute Gasteiger partial charge is 0.246 e. The molecule has 8 heteroatoms. The van der Waals surface area contributed by atoms with E-state index in [1.54, 1.807) is 19.2 Å².